The second-order valence-electron chi connectivity index (χ2n) is 10.9. The van der Waals surface area contributed by atoms with Crippen molar-refractivity contribution in [3.63, 3.8) is 0 Å². The molecule has 1 aliphatic heterocycles. The maximum Gasteiger partial charge on any atom is 0.350 e. The number of aromatic nitrogens is 6. The maximum atomic E-state index is 13.5. The summed E-state index contributed by atoms with van der Waals surface area (Å²) in [4.78, 5) is 38.4. The zero-order valence-electron chi connectivity index (χ0n) is 23.6. The molecule has 2 aromatic carbocycles. The number of oxazole rings is 1. The Hall–Kier alpha value is -5.18. The standard InChI is InChI=1S/C30H26F3N9O3/c31-21-16-20(21)27(43)35-19-6-7-24-22(15-19)36-28(45-24)18-8-9-34-23(14-18)29(44)41-12-10-40(11-13-41)25(17-4-2-1-3-5-17)26-37-39-42(38-26)30(32)33/h1-9,14-15,20-21,25,30H,10-13,16H2,(H,35,43)/t20?,21-,25+/m0/s1. The van der Waals surface area contributed by atoms with Crippen LogP contribution < -0.4 is 5.32 Å². The van der Waals surface area contributed by atoms with Crippen molar-refractivity contribution in [3.05, 3.63) is 83.9 Å². The topological polar surface area (TPSA) is 135 Å². The molecule has 5 aromatic rings. The Kier molecular flexibility index (Phi) is 7.45. The lowest BCUT2D eigenvalue weighted by atomic mass is 10.0. The minimum absolute atomic E-state index is 0.153. The van der Waals surface area contributed by atoms with Crippen LogP contribution in [0.5, 0.6) is 0 Å². The van der Waals surface area contributed by atoms with Crippen molar-refractivity contribution in [2.24, 2.45) is 5.92 Å². The van der Waals surface area contributed by atoms with Crippen molar-refractivity contribution < 1.29 is 27.2 Å². The molecule has 2 fully saturated rings. The number of nitrogens with one attached hydrogen (secondary N) is 1. The molecule has 3 atom stereocenters. The van der Waals surface area contributed by atoms with Gasteiger partial charge in [-0.2, -0.15) is 8.78 Å². The number of rotatable bonds is 8. The van der Waals surface area contributed by atoms with Crippen LogP contribution >= 0.6 is 0 Å². The molecular formula is C30H26F3N9O3. The molecule has 1 aliphatic carbocycles. The minimum atomic E-state index is -2.90. The minimum Gasteiger partial charge on any atom is -0.436 e. The molecule has 3 aromatic heterocycles. The number of benzene rings is 2. The summed E-state index contributed by atoms with van der Waals surface area (Å²) in [6, 6.07) is 17.1. The van der Waals surface area contributed by atoms with Crippen LogP contribution in [0.25, 0.3) is 22.6 Å². The number of halogens is 3. The zero-order valence-corrected chi connectivity index (χ0v) is 23.6. The first-order chi connectivity index (χ1) is 21.8. The molecular weight excluding hydrogens is 591 g/mol. The number of nitrogens with zero attached hydrogens (tertiary/aromatic N) is 8. The van der Waals surface area contributed by atoms with Crippen LogP contribution in [0.3, 0.4) is 0 Å². The van der Waals surface area contributed by atoms with Gasteiger partial charge < -0.3 is 14.6 Å². The summed E-state index contributed by atoms with van der Waals surface area (Å²) in [5.74, 6) is -0.824. The molecule has 2 aliphatic rings. The fraction of sp³-hybridized carbons (Fsp3) is 0.300. The zero-order chi connectivity index (χ0) is 31.1. The van der Waals surface area contributed by atoms with Gasteiger partial charge in [0.15, 0.2) is 11.4 Å². The Labute approximate surface area is 253 Å². The van der Waals surface area contributed by atoms with Gasteiger partial charge in [0.2, 0.25) is 11.8 Å². The van der Waals surface area contributed by atoms with Gasteiger partial charge in [0.25, 0.3) is 5.91 Å². The van der Waals surface area contributed by atoms with Gasteiger partial charge in [-0.25, -0.2) is 9.37 Å². The van der Waals surface area contributed by atoms with E-state index in [2.05, 4.69) is 30.7 Å². The molecule has 230 valence electrons. The van der Waals surface area contributed by atoms with Crippen LogP contribution in [0.4, 0.5) is 18.9 Å². The summed E-state index contributed by atoms with van der Waals surface area (Å²) in [5, 5.41) is 14.0. The summed E-state index contributed by atoms with van der Waals surface area (Å²) in [5.41, 5.74) is 3.04. The molecule has 0 spiro atoms. The number of hydrogen-bond acceptors (Lipinski definition) is 9. The van der Waals surface area contributed by atoms with Gasteiger partial charge in [0.05, 0.1) is 12.0 Å². The van der Waals surface area contributed by atoms with Gasteiger partial charge >= 0.3 is 6.55 Å². The number of tetrazole rings is 1. The number of amides is 2. The van der Waals surface area contributed by atoms with E-state index in [1.807, 2.05) is 35.2 Å². The van der Waals surface area contributed by atoms with E-state index in [-0.39, 0.29) is 40.4 Å². The normalized spacial score (nSPS) is 19.2. The molecule has 4 heterocycles. The fourth-order valence-electron chi connectivity index (χ4n) is 5.41. The molecule has 0 radical (unpaired) electrons. The van der Waals surface area contributed by atoms with Crippen LogP contribution in [-0.4, -0.2) is 84.1 Å². The van der Waals surface area contributed by atoms with Crippen LogP contribution in [0, 0.1) is 5.92 Å². The highest BCUT2D eigenvalue weighted by Crippen LogP contribution is 2.35. The number of alkyl halides is 3. The van der Waals surface area contributed by atoms with Gasteiger partial charge in [0.1, 0.15) is 17.4 Å². The molecule has 1 saturated heterocycles. The van der Waals surface area contributed by atoms with E-state index in [0.29, 0.717) is 48.5 Å². The third-order valence-electron chi connectivity index (χ3n) is 7.88. The number of carbonyl (C=O) groups excluding carboxylic acids is 2. The predicted molar refractivity (Wildman–Crippen MR) is 154 cm³/mol. The fourth-order valence-corrected chi connectivity index (χ4v) is 5.41. The highest BCUT2D eigenvalue weighted by Gasteiger charge is 2.43. The average molecular weight is 618 g/mol. The van der Waals surface area contributed by atoms with Crippen molar-refractivity contribution in [3.8, 4) is 11.5 Å². The lowest BCUT2D eigenvalue weighted by Crippen LogP contribution is -2.50. The third-order valence-corrected chi connectivity index (χ3v) is 7.88. The maximum absolute atomic E-state index is 13.5. The smallest absolute Gasteiger partial charge is 0.350 e. The van der Waals surface area contributed by atoms with Gasteiger partial charge in [-0.15, -0.1) is 10.2 Å². The van der Waals surface area contributed by atoms with Crippen LogP contribution in [-0.2, 0) is 4.79 Å². The quantitative estimate of drug-likeness (QED) is 0.273. The molecule has 15 heteroatoms. The number of fused-ring (bicyclic) bond motifs is 1. The van der Waals surface area contributed by atoms with Gasteiger partial charge in [-0.05, 0) is 47.5 Å². The van der Waals surface area contributed by atoms with Gasteiger partial charge in [-0.1, -0.05) is 35.1 Å². The van der Waals surface area contributed by atoms with E-state index in [1.54, 1.807) is 35.2 Å². The molecule has 1 unspecified atom stereocenters. The van der Waals surface area contributed by atoms with E-state index in [9.17, 15) is 22.8 Å². The van der Waals surface area contributed by atoms with Crippen LogP contribution in [0.15, 0.2) is 71.3 Å². The van der Waals surface area contributed by atoms with E-state index < -0.39 is 24.7 Å². The number of pyridine rings is 1. The summed E-state index contributed by atoms with van der Waals surface area (Å²) in [7, 11) is 0. The lowest BCUT2D eigenvalue weighted by Gasteiger charge is -2.38. The summed E-state index contributed by atoms with van der Waals surface area (Å²) < 4.78 is 45.5. The van der Waals surface area contributed by atoms with E-state index in [1.165, 1.54) is 6.20 Å². The van der Waals surface area contributed by atoms with E-state index >= 15 is 0 Å². The van der Waals surface area contributed by atoms with Crippen molar-refractivity contribution in [1.29, 1.82) is 0 Å². The number of hydrogen-bond donors (Lipinski definition) is 1. The molecule has 2 amide bonds. The Morgan fingerprint density at radius 3 is 2.49 bits per heavy atom. The Balaban J connectivity index is 1.05. The molecule has 45 heavy (non-hydrogen) atoms. The summed E-state index contributed by atoms with van der Waals surface area (Å²) in [6.45, 7) is -1.31. The predicted octanol–water partition coefficient (Wildman–Crippen LogP) is 4.12. The number of piperazine rings is 1. The summed E-state index contributed by atoms with van der Waals surface area (Å²) in [6.07, 6.45) is 0.651. The van der Waals surface area contributed by atoms with Crippen molar-refractivity contribution in [2.45, 2.75) is 25.2 Å². The SMILES string of the molecule is O=C(Nc1ccc2oc(-c3ccnc(C(=O)N4CCN([C@H](c5ccccc5)c5nnn(C(F)F)n5)CC4)c3)nc2c1)C1C[C@@H]1F. The van der Waals surface area contributed by atoms with Crippen molar-refractivity contribution >= 4 is 28.6 Å². The van der Waals surface area contributed by atoms with Crippen molar-refractivity contribution in [1.82, 2.24) is 40.0 Å². The molecule has 7 rings (SSSR count). The third kappa shape index (κ3) is 5.85. The first-order valence-corrected chi connectivity index (χ1v) is 14.3. The molecule has 0 bridgehead atoms. The van der Waals surface area contributed by atoms with Crippen LogP contribution in [0.1, 0.15) is 40.9 Å². The number of anilines is 1. The second-order valence-corrected chi connectivity index (χ2v) is 10.9. The lowest BCUT2D eigenvalue weighted by molar-refractivity contribution is -0.117. The average Bonchev–Trinajstić information content (AvgIpc) is 3.40. The molecule has 1 saturated carbocycles. The highest BCUT2D eigenvalue weighted by atomic mass is 19.3. The van der Waals surface area contributed by atoms with Crippen LogP contribution in [0.2, 0.25) is 0 Å². The molecule has 12 nitrogen and oxygen atoms in total. The summed E-state index contributed by atoms with van der Waals surface area (Å²) >= 11 is 0. The van der Waals surface area contributed by atoms with Gasteiger partial charge in [-0.3, -0.25) is 19.5 Å². The van der Waals surface area contributed by atoms with Gasteiger partial charge in [0, 0.05) is 43.6 Å². The second kappa shape index (κ2) is 11.7. The Morgan fingerprint density at radius 1 is 1.00 bits per heavy atom. The van der Waals surface area contributed by atoms with Crippen molar-refractivity contribution in [2.75, 3.05) is 31.5 Å². The highest BCUT2D eigenvalue weighted by molar-refractivity contribution is 5.96. The first kappa shape index (κ1) is 28.6. The number of carbonyl (C=O) groups is 2. The van der Waals surface area contributed by atoms with E-state index in [0.717, 1.165) is 5.56 Å². The molecule has 1 N–H and O–H groups in total. The Bertz CT molecular complexity index is 1860. The largest absolute Gasteiger partial charge is 0.436 e. The monoisotopic (exact) mass is 617 g/mol. The van der Waals surface area contributed by atoms with E-state index in [4.69, 9.17) is 4.42 Å². The first-order valence-electron chi connectivity index (χ1n) is 14.3. The Morgan fingerprint density at radius 2 is 1.78 bits per heavy atom.